The molecule has 3 heterocycles. The first-order chi connectivity index (χ1) is 16.0. The number of carboxylic acids is 1. The topological polar surface area (TPSA) is 138 Å². The van der Waals surface area contributed by atoms with Gasteiger partial charge in [0.1, 0.15) is 24.0 Å². The molecule has 1 aliphatic carbocycles. The Morgan fingerprint density at radius 1 is 1.12 bits per heavy atom. The zero-order chi connectivity index (χ0) is 22.8. The number of fused-ring (bicyclic) bond motifs is 1. The number of aliphatic carboxylic acids is 1. The van der Waals surface area contributed by atoms with E-state index in [9.17, 15) is 14.7 Å². The summed E-state index contributed by atoms with van der Waals surface area (Å²) in [6, 6.07) is 8.86. The quantitative estimate of drug-likeness (QED) is 0.607. The molecule has 3 aliphatic rings. The number of hydrogen-bond donors (Lipinski definition) is 2. The normalized spacial score (nSPS) is 27.9. The number of benzene rings is 1. The summed E-state index contributed by atoms with van der Waals surface area (Å²) in [5, 5.41) is 24.1. The van der Waals surface area contributed by atoms with Crippen molar-refractivity contribution in [3.8, 4) is 11.8 Å². The molecule has 4 atom stereocenters. The molecule has 0 bridgehead atoms. The van der Waals surface area contributed by atoms with E-state index in [1.165, 1.54) is 0 Å². The van der Waals surface area contributed by atoms with Crippen molar-refractivity contribution < 1.29 is 28.9 Å². The van der Waals surface area contributed by atoms with Crippen LogP contribution in [-0.4, -0.2) is 68.7 Å². The van der Waals surface area contributed by atoms with E-state index in [-0.39, 0.29) is 49.1 Å². The highest BCUT2D eigenvalue weighted by Crippen LogP contribution is 2.44. The monoisotopic (exact) mass is 457 g/mol. The average Bonchev–Trinajstić information content (AvgIpc) is 3.55. The Morgan fingerprint density at radius 3 is 2.64 bits per heavy atom. The van der Waals surface area contributed by atoms with Crippen molar-refractivity contribution in [2.45, 2.75) is 62.8 Å². The molecule has 1 amide bonds. The number of rotatable bonds is 8. The first-order valence-corrected chi connectivity index (χ1v) is 11.3. The molecule has 2 aromatic rings. The first kappa shape index (κ1) is 21.8. The van der Waals surface area contributed by atoms with Crippen LogP contribution < -0.4 is 10.1 Å². The van der Waals surface area contributed by atoms with Gasteiger partial charge in [-0.05, 0) is 40.8 Å². The number of carboxylic acid groups (broad SMARTS) is 1. The third-order valence-corrected chi connectivity index (χ3v) is 6.83. The minimum absolute atomic E-state index is 0.0235. The Bertz CT molecular complexity index is 992. The van der Waals surface area contributed by atoms with E-state index in [1.807, 2.05) is 30.3 Å². The van der Waals surface area contributed by atoms with Crippen molar-refractivity contribution in [3.63, 3.8) is 0 Å². The lowest BCUT2D eigenvalue weighted by Gasteiger charge is -2.27. The van der Waals surface area contributed by atoms with E-state index in [2.05, 4.69) is 20.8 Å². The highest BCUT2D eigenvalue weighted by atomic mass is 16.6. The maximum Gasteiger partial charge on any atom is 0.341 e. The van der Waals surface area contributed by atoms with Crippen LogP contribution in [0.3, 0.4) is 0 Å². The third kappa shape index (κ3) is 4.55. The Balaban J connectivity index is 1.22. The molecule has 0 unspecified atom stereocenters. The summed E-state index contributed by atoms with van der Waals surface area (Å²) in [6.07, 6.45) is 3.01. The van der Waals surface area contributed by atoms with Crippen molar-refractivity contribution in [3.05, 3.63) is 30.3 Å². The van der Waals surface area contributed by atoms with Crippen LogP contribution in [0.5, 0.6) is 11.8 Å². The SMILES string of the molecule is O=C(O)CC1(CC(=O)N[C@H]2CO[C@H]3[C@@H]2OC[C@@H]3n2nnnc2Oc2ccccc2)CCCC1. The number of aromatic nitrogens is 4. The molecule has 2 aliphatic heterocycles. The summed E-state index contributed by atoms with van der Waals surface area (Å²) in [7, 11) is 0. The minimum Gasteiger partial charge on any atom is -0.481 e. The average molecular weight is 457 g/mol. The van der Waals surface area contributed by atoms with Gasteiger partial charge in [-0.15, -0.1) is 0 Å². The zero-order valence-electron chi connectivity index (χ0n) is 18.1. The fraction of sp³-hybridized carbons (Fsp3) is 0.591. The number of carbonyl (C=O) groups excluding carboxylic acids is 1. The van der Waals surface area contributed by atoms with Gasteiger partial charge in [-0.2, -0.15) is 4.68 Å². The minimum atomic E-state index is -0.856. The van der Waals surface area contributed by atoms with E-state index in [4.69, 9.17) is 14.2 Å². The van der Waals surface area contributed by atoms with Gasteiger partial charge in [0.2, 0.25) is 5.91 Å². The molecule has 33 heavy (non-hydrogen) atoms. The summed E-state index contributed by atoms with van der Waals surface area (Å²) in [5.41, 5.74) is -0.454. The maximum absolute atomic E-state index is 12.8. The molecule has 0 radical (unpaired) electrons. The van der Waals surface area contributed by atoms with Crippen LogP contribution in [0.15, 0.2) is 30.3 Å². The predicted octanol–water partition coefficient (Wildman–Crippen LogP) is 1.71. The smallest absolute Gasteiger partial charge is 0.341 e. The number of carbonyl (C=O) groups is 2. The van der Waals surface area contributed by atoms with E-state index >= 15 is 0 Å². The van der Waals surface area contributed by atoms with Crippen LogP contribution in [-0.2, 0) is 19.1 Å². The molecule has 11 nitrogen and oxygen atoms in total. The van der Waals surface area contributed by atoms with Crippen LogP contribution in [0.25, 0.3) is 0 Å². The number of ether oxygens (including phenoxy) is 3. The summed E-state index contributed by atoms with van der Waals surface area (Å²) in [5.74, 6) is -0.399. The summed E-state index contributed by atoms with van der Waals surface area (Å²) < 4.78 is 19.3. The second-order valence-corrected chi connectivity index (χ2v) is 9.11. The van der Waals surface area contributed by atoms with E-state index < -0.39 is 11.4 Å². The number of tetrazole rings is 1. The maximum atomic E-state index is 12.8. The highest BCUT2D eigenvalue weighted by Gasteiger charge is 2.50. The van der Waals surface area contributed by atoms with Gasteiger partial charge in [-0.1, -0.05) is 36.1 Å². The van der Waals surface area contributed by atoms with Crippen molar-refractivity contribution in [2.75, 3.05) is 13.2 Å². The second kappa shape index (κ2) is 9.06. The van der Waals surface area contributed by atoms with Crippen LogP contribution >= 0.6 is 0 Å². The molecule has 1 aromatic carbocycles. The lowest BCUT2D eigenvalue weighted by Crippen LogP contribution is -2.45. The lowest BCUT2D eigenvalue weighted by atomic mass is 9.79. The number of hydrogen-bond acceptors (Lipinski definition) is 8. The fourth-order valence-corrected chi connectivity index (χ4v) is 5.33. The first-order valence-electron chi connectivity index (χ1n) is 11.3. The molecule has 1 aromatic heterocycles. The van der Waals surface area contributed by atoms with Crippen molar-refractivity contribution >= 4 is 11.9 Å². The molecule has 2 saturated heterocycles. The lowest BCUT2D eigenvalue weighted by molar-refractivity contribution is -0.140. The Hall–Kier alpha value is -3.05. The Kier molecular flexibility index (Phi) is 5.98. The third-order valence-electron chi connectivity index (χ3n) is 6.83. The van der Waals surface area contributed by atoms with Gasteiger partial charge in [0, 0.05) is 6.42 Å². The second-order valence-electron chi connectivity index (χ2n) is 9.11. The summed E-state index contributed by atoms with van der Waals surface area (Å²) in [6.45, 7) is 0.626. The molecule has 3 fully saturated rings. The standard InChI is InChI=1S/C22H27N5O6/c28-17(10-22(11-18(29)30)8-4-5-9-22)23-15-12-31-20-16(13-32-19(15)20)27-21(24-25-26-27)33-14-6-2-1-3-7-14/h1-3,6-7,15-16,19-20H,4-5,8-13H2,(H,23,28)(H,29,30)/t15-,16-,19+,20+/m0/s1. The van der Waals surface area contributed by atoms with Gasteiger partial charge in [-0.3, -0.25) is 9.59 Å². The van der Waals surface area contributed by atoms with Gasteiger partial charge in [0.15, 0.2) is 0 Å². The van der Waals surface area contributed by atoms with Crippen LogP contribution in [0.2, 0.25) is 0 Å². The number of para-hydroxylation sites is 1. The van der Waals surface area contributed by atoms with Crippen molar-refractivity contribution in [1.29, 1.82) is 0 Å². The molecular formula is C22H27N5O6. The summed E-state index contributed by atoms with van der Waals surface area (Å²) >= 11 is 0. The van der Waals surface area contributed by atoms with Crippen LogP contribution in [0, 0.1) is 5.41 Å². The number of nitrogens with one attached hydrogen (secondary N) is 1. The van der Waals surface area contributed by atoms with Crippen molar-refractivity contribution in [2.24, 2.45) is 5.41 Å². The summed E-state index contributed by atoms with van der Waals surface area (Å²) in [4.78, 5) is 24.2. The Morgan fingerprint density at radius 2 is 1.88 bits per heavy atom. The molecule has 2 N–H and O–H groups in total. The van der Waals surface area contributed by atoms with E-state index in [1.54, 1.807) is 4.68 Å². The van der Waals surface area contributed by atoms with Gasteiger partial charge >= 0.3 is 12.0 Å². The van der Waals surface area contributed by atoms with Gasteiger partial charge < -0.3 is 24.6 Å². The molecule has 176 valence electrons. The molecule has 11 heteroatoms. The molecular weight excluding hydrogens is 430 g/mol. The Labute approximate surface area is 190 Å². The van der Waals surface area contributed by atoms with Gasteiger partial charge in [0.05, 0.1) is 25.7 Å². The molecule has 1 saturated carbocycles. The largest absolute Gasteiger partial charge is 0.481 e. The molecule has 5 rings (SSSR count). The zero-order valence-corrected chi connectivity index (χ0v) is 18.1. The number of nitrogens with zero attached hydrogens (tertiary/aromatic N) is 4. The number of amides is 1. The van der Waals surface area contributed by atoms with Crippen LogP contribution in [0.4, 0.5) is 0 Å². The predicted molar refractivity (Wildman–Crippen MR) is 113 cm³/mol. The highest BCUT2D eigenvalue weighted by molar-refractivity contribution is 5.78. The van der Waals surface area contributed by atoms with Gasteiger partial charge in [0.25, 0.3) is 0 Å². The van der Waals surface area contributed by atoms with E-state index in [0.29, 0.717) is 19.0 Å². The van der Waals surface area contributed by atoms with Gasteiger partial charge in [-0.25, -0.2) is 0 Å². The molecule has 0 spiro atoms. The van der Waals surface area contributed by atoms with Crippen molar-refractivity contribution in [1.82, 2.24) is 25.5 Å². The fourth-order valence-electron chi connectivity index (χ4n) is 5.33. The van der Waals surface area contributed by atoms with E-state index in [0.717, 1.165) is 25.7 Å². The van der Waals surface area contributed by atoms with Crippen LogP contribution in [0.1, 0.15) is 44.6 Å².